The average molecular weight is 325 g/mol. The Morgan fingerprint density at radius 1 is 1.09 bits per heavy atom. The molecule has 2 rings (SSSR count). The van der Waals surface area contributed by atoms with Crippen LogP contribution in [-0.2, 0) is 19.2 Å². The van der Waals surface area contributed by atoms with E-state index in [-0.39, 0.29) is 18.0 Å². The summed E-state index contributed by atoms with van der Waals surface area (Å²) in [7, 11) is 0. The van der Waals surface area contributed by atoms with Crippen LogP contribution >= 0.6 is 12.2 Å². The minimum absolute atomic E-state index is 0.0589. The highest BCUT2D eigenvalue weighted by molar-refractivity contribution is 7.80. The first-order valence-corrected chi connectivity index (χ1v) is 6.92. The topological polar surface area (TPSA) is 35.2 Å². The first-order valence-electron chi connectivity index (χ1n) is 6.51. The maximum Gasteiger partial charge on any atom is 0.416 e. The van der Waals surface area contributed by atoms with Crippen LogP contribution in [0.15, 0.2) is 48.5 Å². The van der Waals surface area contributed by atoms with Crippen LogP contribution < -0.4 is 10.5 Å². The largest absolute Gasteiger partial charge is 0.489 e. The van der Waals surface area contributed by atoms with Crippen LogP contribution in [0, 0.1) is 0 Å². The van der Waals surface area contributed by atoms with Gasteiger partial charge in [0.05, 0.1) is 10.6 Å². The summed E-state index contributed by atoms with van der Waals surface area (Å²) in [6.07, 6.45) is -4.35. The number of hydrogen-bond donors (Lipinski definition) is 1. The van der Waals surface area contributed by atoms with E-state index < -0.39 is 11.7 Å². The average Bonchev–Trinajstić information content (AvgIpc) is 2.45. The Morgan fingerprint density at radius 3 is 2.36 bits per heavy atom. The van der Waals surface area contributed by atoms with E-state index >= 15 is 0 Å². The van der Waals surface area contributed by atoms with Gasteiger partial charge in [0.2, 0.25) is 0 Å². The lowest BCUT2D eigenvalue weighted by molar-refractivity contribution is -0.137. The summed E-state index contributed by atoms with van der Waals surface area (Å²) in [5.41, 5.74) is 5.96. The maximum absolute atomic E-state index is 12.8. The lowest BCUT2D eigenvalue weighted by Crippen LogP contribution is -2.14. The zero-order valence-electron chi connectivity index (χ0n) is 11.6. The summed E-state index contributed by atoms with van der Waals surface area (Å²) < 4.78 is 44.0. The van der Waals surface area contributed by atoms with Crippen LogP contribution in [-0.4, -0.2) is 4.99 Å². The van der Waals surface area contributed by atoms with Gasteiger partial charge in [-0.05, 0) is 23.8 Å². The molecule has 0 aliphatic rings. The summed E-state index contributed by atoms with van der Waals surface area (Å²) in [4.78, 5) is 0.115. The highest BCUT2D eigenvalue weighted by Gasteiger charge is 2.31. The number of hydrogen-bond acceptors (Lipinski definition) is 2. The molecule has 0 aliphatic heterocycles. The van der Waals surface area contributed by atoms with Crippen molar-refractivity contribution in [1.82, 2.24) is 0 Å². The molecule has 0 bridgehead atoms. The molecule has 2 N–H and O–H groups in total. The van der Waals surface area contributed by atoms with Crippen molar-refractivity contribution >= 4 is 17.2 Å². The molecular formula is C16H14F3NOS. The third-order valence-corrected chi connectivity index (χ3v) is 3.13. The second kappa shape index (κ2) is 6.79. The van der Waals surface area contributed by atoms with Gasteiger partial charge in [0.25, 0.3) is 0 Å². The highest BCUT2D eigenvalue weighted by Crippen LogP contribution is 2.33. The lowest BCUT2D eigenvalue weighted by Gasteiger charge is -2.14. The fourth-order valence-electron chi connectivity index (χ4n) is 1.96. The van der Waals surface area contributed by atoms with Crippen molar-refractivity contribution in [2.24, 2.45) is 5.73 Å². The van der Waals surface area contributed by atoms with Crippen molar-refractivity contribution in [3.05, 3.63) is 65.2 Å². The molecule has 0 spiro atoms. The Hall–Kier alpha value is -2.08. The number of thiocarbonyl (C=S) groups is 1. The molecule has 6 heteroatoms. The molecule has 2 aromatic carbocycles. The summed E-state index contributed by atoms with van der Waals surface area (Å²) in [6, 6.07) is 12.7. The van der Waals surface area contributed by atoms with Crippen molar-refractivity contribution in [3.63, 3.8) is 0 Å². The fourth-order valence-corrected chi connectivity index (χ4v) is 2.11. The third kappa shape index (κ3) is 4.46. The molecule has 0 saturated carbocycles. The molecular weight excluding hydrogens is 311 g/mol. The number of rotatable bonds is 5. The maximum atomic E-state index is 12.8. The second-order valence-electron chi connectivity index (χ2n) is 4.74. The molecule has 22 heavy (non-hydrogen) atoms. The van der Waals surface area contributed by atoms with Crippen molar-refractivity contribution in [2.45, 2.75) is 19.2 Å². The zero-order valence-corrected chi connectivity index (χ0v) is 12.4. The predicted octanol–water partition coefficient (Wildman–Crippen LogP) is 4.11. The molecule has 0 fully saturated rings. The third-order valence-electron chi connectivity index (χ3n) is 2.99. The molecule has 0 radical (unpaired) electrons. The highest BCUT2D eigenvalue weighted by atomic mass is 32.1. The number of halogens is 3. The first kappa shape index (κ1) is 16.3. The molecule has 116 valence electrons. The van der Waals surface area contributed by atoms with Crippen LogP contribution in [0.2, 0.25) is 0 Å². The van der Waals surface area contributed by atoms with Gasteiger partial charge < -0.3 is 10.5 Å². The van der Waals surface area contributed by atoms with Gasteiger partial charge in [-0.1, -0.05) is 42.5 Å². The van der Waals surface area contributed by atoms with E-state index in [1.165, 1.54) is 6.07 Å². The van der Waals surface area contributed by atoms with E-state index in [9.17, 15) is 13.2 Å². The van der Waals surface area contributed by atoms with Crippen LogP contribution in [0.3, 0.4) is 0 Å². The summed E-state index contributed by atoms with van der Waals surface area (Å²) >= 11 is 4.79. The molecule has 0 unspecified atom stereocenters. The van der Waals surface area contributed by atoms with Crippen LogP contribution in [0.4, 0.5) is 13.2 Å². The Morgan fingerprint density at radius 2 is 1.77 bits per heavy atom. The zero-order chi connectivity index (χ0) is 16.2. The van der Waals surface area contributed by atoms with E-state index in [1.807, 2.05) is 30.3 Å². The van der Waals surface area contributed by atoms with Crippen molar-refractivity contribution in [3.8, 4) is 5.75 Å². The number of nitrogens with two attached hydrogens (primary N) is 1. The van der Waals surface area contributed by atoms with E-state index in [4.69, 9.17) is 22.7 Å². The molecule has 2 nitrogen and oxygen atoms in total. The predicted molar refractivity (Wildman–Crippen MR) is 82.7 cm³/mol. The van der Waals surface area contributed by atoms with Crippen LogP contribution in [0.25, 0.3) is 0 Å². The SMILES string of the molecule is NC(=S)Cc1cc(C(F)(F)F)ccc1OCc1ccccc1. The van der Waals surface area contributed by atoms with E-state index in [0.29, 0.717) is 11.3 Å². The van der Waals surface area contributed by atoms with Gasteiger partial charge in [-0.25, -0.2) is 0 Å². The van der Waals surface area contributed by atoms with E-state index in [1.54, 1.807) is 0 Å². The number of ether oxygens (including phenoxy) is 1. The van der Waals surface area contributed by atoms with Crippen molar-refractivity contribution in [2.75, 3.05) is 0 Å². The first-order chi connectivity index (χ1) is 10.4. The molecule has 2 aromatic rings. The summed E-state index contributed by atoms with van der Waals surface area (Å²) in [5.74, 6) is 0.352. The normalized spacial score (nSPS) is 11.2. The Kier molecular flexibility index (Phi) is 5.03. The van der Waals surface area contributed by atoms with Gasteiger partial charge in [-0.2, -0.15) is 13.2 Å². The standard InChI is InChI=1S/C16H14F3NOS/c17-16(18,19)13-6-7-14(12(8-13)9-15(20)22)21-10-11-4-2-1-3-5-11/h1-8H,9-10H2,(H2,20,22). The molecule has 0 saturated heterocycles. The summed E-state index contributed by atoms with van der Waals surface area (Å²) in [5, 5.41) is 0. The Bertz CT molecular complexity index is 656. The minimum atomic E-state index is -4.41. The smallest absolute Gasteiger partial charge is 0.416 e. The lowest BCUT2D eigenvalue weighted by atomic mass is 10.1. The summed E-state index contributed by atoms with van der Waals surface area (Å²) in [6.45, 7) is 0.260. The van der Waals surface area contributed by atoms with Gasteiger partial charge in [-0.3, -0.25) is 0 Å². The van der Waals surface area contributed by atoms with Gasteiger partial charge in [-0.15, -0.1) is 0 Å². The molecule has 0 atom stereocenters. The minimum Gasteiger partial charge on any atom is -0.489 e. The van der Waals surface area contributed by atoms with Crippen molar-refractivity contribution in [1.29, 1.82) is 0 Å². The molecule has 0 aromatic heterocycles. The van der Waals surface area contributed by atoms with Crippen molar-refractivity contribution < 1.29 is 17.9 Å². The van der Waals surface area contributed by atoms with Crippen LogP contribution in [0.5, 0.6) is 5.75 Å². The quantitative estimate of drug-likeness (QED) is 0.840. The number of alkyl halides is 3. The molecule has 0 aliphatic carbocycles. The Balaban J connectivity index is 2.23. The van der Waals surface area contributed by atoms with Gasteiger partial charge in [0.1, 0.15) is 12.4 Å². The van der Waals surface area contributed by atoms with E-state index in [0.717, 1.165) is 17.7 Å². The van der Waals surface area contributed by atoms with Gasteiger partial charge in [0.15, 0.2) is 0 Å². The van der Waals surface area contributed by atoms with Crippen LogP contribution in [0.1, 0.15) is 16.7 Å². The fraction of sp³-hybridized carbons (Fsp3) is 0.188. The number of benzene rings is 2. The van der Waals surface area contributed by atoms with Gasteiger partial charge >= 0.3 is 6.18 Å². The molecule has 0 heterocycles. The van der Waals surface area contributed by atoms with E-state index in [2.05, 4.69) is 0 Å². The second-order valence-corrected chi connectivity index (χ2v) is 5.26. The monoisotopic (exact) mass is 325 g/mol. The molecule has 0 amide bonds. The Labute approximate surface area is 131 Å². The van der Waals surface area contributed by atoms with Gasteiger partial charge in [0, 0.05) is 12.0 Å².